The Kier molecular flexibility index (Phi) is 6.31. The van der Waals surface area contributed by atoms with Crippen LogP contribution in [-0.4, -0.2) is 44.7 Å². The molecule has 0 fully saturated rings. The first kappa shape index (κ1) is 14.9. The van der Waals surface area contributed by atoms with Crippen LogP contribution in [0.5, 0.6) is 11.5 Å². The van der Waals surface area contributed by atoms with Crippen LogP contribution in [0.1, 0.15) is 0 Å². The summed E-state index contributed by atoms with van der Waals surface area (Å²) in [4.78, 5) is 10.2. The number of rotatable bonds is 8. The van der Waals surface area contributed by atoms with Crippen molar-refractivity contribution in [2.45, 2.75) is 0 Å². The lowest BCUT2D eigenvalue weighted by Gasteiger charge is -2.11. The number of hydrogen-bond acceptors (Lipinski definition) is 5. The lowest BCUT2D eigenvalue weighted by atomic mass is 10.3. The number of ether oxygens (including phenoxy) is 3. The van der Waals surface area contributed by atoms with E-state index in [1.807, 2.05) is 0 Å². The molecule has 0 aliphatic heterocycles. The van der Waals surface area contributed by atoms with Crippen LogP contribution >= 0.6 is 0 Å². The summed E-state index contributed by atoms with van der Waals surface area (Å²) in [6.45, 7) is 1.25. The monoisotopic (exact) mass is 270 g/mol. The van der Waals surface area contributed by atoms with Crippen molar-refractivity contribution >= 4 is 11.8 Å². The van der Waals surface area contributed by atoms with Gasteiger partial charge >= 0.3 is 6.09 Å². The van der Waals surface area contributed by atoms with Gasteiger partial charge in [0.1, 0.15) is 6.61 Å². The molecular weight excluding hydrogens is 252 g/mol. The van der Waals surface area contributed by atoms with E-state index in [9.17, 15) is 4.79 Å². The van der Waals surface area contributed by atoms with E-state index in [1.165, 1.54) is 7.11 Å². The Morgan fingerprint density at radius 3 is 2.79 bits per heavy atom. The number of hydrogen-bond donors (Lipinski definition) is 3. The van der Waals surface area contributed by atoms with Crippen LogP contribution in [0.15, 0.2) is 18.2 Å². The molecule has 1 aromatic rings. The van der Waals surface area contributed by atoms with Crippen LogP contribution in [0, 0.1) is 0 Å². The summed E-state index contributed by atoms with van der Waals surface area (Å²) in [6, 6.07) is 5.11. The standard InChI is InChI=1S/C12H18N2O5/c1-17-11-8-9(13)2-3-10(11)19-7-6-18-5-4-14-12(15)16/h2-3,8,14H,4-7,13H2,1H3,(H,15,16). The highest BCUT2D eigenvalue weighted by Gasteiger charge is 2.04. The summed E-state index contributed by atoms with van der Waals surface area (Å²) >= 11 is 0. The highest BCUT2D eigenvalue weighted by Crippen LogP contribution is 2.28. The number of carbonyl (C=O) groups is 1. The van der Waals surface area contributed by atoms with E-state index < -0.39 is 6.09 Å². The molecule has 7 nitrogen and oxygen atoms in total. The zero-order valence-electron chi connectivity index (χ0n) is 10.7. The van der Waals surface area contributed by atoms with Crippen molar-refractivity contribution in [2.75, 3.05) is 39.2 Å². The number of methoxy groups -OCH3 is 1. The van der Waals surface area contributed by atoms with Crippen LogP contribution in [-0.2, 0) is 4.74 Å². The van der Waals surface area contributed by atoms with Gasteiger partial charge in [0.15, 0.2) is 11.5 Å². The third-order valence-electron chi connectivity index (χ3n) is 2.20. The van der Waals surface area contributed by atoms with Crippen molar-refractivity contribution in [2.24, 2.45) is 0 Å². The Morgan fingerprint density at radius 2 is 2.11 bits per heavy atom. The maximum Gasteiger partial charge on any atom is 0.404 e. The van der Waals surface area contributed by atoms with Crippen LogP contribution in [0.25, 0.3) is 0 Å². The van der Waals surface area contributed by atoms with Crippen molar-refractivity contribution in [3.05, 3.63) is 18.2 Å². The van der Waals surface area contributed by atoms with E-state index in [0.717, 1.165) is 0 Å². The molecule has 106 valence electrons. The van der Waals surface area contributed by atoms with Crippen molar-refractivity contribution in [3.8, 4) is 11.5 Å². The summed E-state index contributed by atoms with van der Waals surface area (Å²) in [5.41, 5.74) is 6.22. The molecule has 0 aliphatic rings. The molecule has 7 heteroatoms. The van der Waals surface area contributed by atoms with Crippen molar-refractivity contribution in [3.63, 3.8) is 0 Å². The maximum absolute atomic E-state index is 10.2. The zero-order chi connectivity index (χ0) is 14.1. The molecule has 0 radical (unpaired) electrons. The normalized spacial score (nSPS) is 9.95. The fourth-order valence-corrected chi connectivity index (χ4v) is 1.35. The van der Waals surface area contributed by atoms with Crippen molar-refractivity contribution in [1.29, 1.82) is 0 Å². The lowest BCUT2D eigenvalue weighted by molar-refractivity contribution is 0.0997. The Morgan fingerprint density at radius 1 is 1.32 bits per heavy atom. The molecule has 1 rings (SSSR count). The van der Waals surface area contributed by atoms with Gasteiger partial charge in [0, 0.05) is 18.3 Å². The van der Waals surface area contributed by atoms with Crippen LogP contribution in [0.2, 0.25) is 0 Å². The van der Waals surface area contributed by atoms with Gasteiger partial charge in [-0.05, 0) is 12.1 Å². The van der Waals surface area contributed by atoms with E-state index in [4.69, 9.17) is 25.1 Å². The second kappa shape index (κ2) is 8.04. The second-order valence-corrected chi connectivity index (χ2v) is 3.60. The van der Waals surface area contributed by atoms with Crippen molar-refractivity contribution in [1.82, 2.24) is 5.32 Å². The van der Waals surface area contributed by atoms with Crippen molar-refractivity contribution < 1.29 is 24.1 Å². The second-order valence-electron chi connectivity index (χ2n) is 3.60. The van der Waals surface area contributed by atoms with Crippen LogP contribution in [0.3, 0.4) is 0 Å². The highest BCUT2D eigenvalue weighted by atomic mass is 16.5. The molecule has 0 aromatic heterocycles. The predicted molar refractivity (Wildman–Crippen MR) is 69.7 cm³/mol. The molecule has 0 aliphatic carbocycles. The largest absolute Gasteiger partial charge is 0.493 e. The predicted octanol–water partition coefficient (Wildman–Crippen LogP) is 0.940. The van der Waals surface area contributed by atoms with Gasteiger partial charge in [-0.15, -0.1) is 0 Å². The third-order valence-corrected chi connectivity index (χ3v) is 2.20. The highest BCUT2D eigenvalue weighted by molar-refractivity contribution is 5.64. The fourth-order valence-electron chi connectivity index (χ4n) is 1.35. The topological polar surface area (TPSA) is 103 Å². The Balaban J connectivity index is 2.20. The van der Waals surface area contributed by atoms with E-state index in [-0.39, 0.29) is 6.54 Å². The average molecular weight is 270 g/mol. The van der Waals surface area contributed by atoms with E-state index >= 15 is 0 Å². The molecule has 0 spiro atoms. The number of nitrogen functional groups attached to an aromatic ring is 1. The van der Waals surface area contributed by atoms with Crippen LogP contribution < -0.4 is 20.5 Å². The average Bonchev–Trinajstić information content (AvgIpc) is 2.38. The molecular formula is C12H18N2O5. The number of carboxylic acid groups (broad SMARTS) is 1. The van der Waals surface area contributed by atoms with Gasteiger partial charge in [-0.25, -0.2) is 4.79 Å². The Labute approximate surface area is 111 Å². The third kappa shape index (κ3) is 5.82. The molecule has 4 N–H and O–H groups in total. The molecule has 0 heterocycles. The fraction of sp³-hybridized carbons (Fsp3) is 0.417. The van der Waals surface area contributed by atoms with Gasteiger partial charge in [-0.3, -0.25) is 0 Å². The molecule has 0 atom stereocenters. The first-order valence-corrected chi connectivity index (χ1v) is 5.74. The molecule has 1 aromatic carbocycles. The zero-order valence-corrected chi connectivity index (χ0v) is 10.7. The number of benzene rings is 1. The van der Waals surface area contributed by atoms with E-state index in [0.29, 0.717) is 37.0 Å². The molecule has 1 amide bonds. The minimum Gasteiger partial charge on any atom is -0.493 e. The number of amides is 1. The smallest absolute Gasteiger partial charge is 0.404 e. The van der Waals surface area contributed by atoms with E-state index in [1.54, 1.807) is 18.2 Å². The molecule has 0 unspecified atom stereocenters. The summed E-state index contributed by atoms with van der Waals surface area (Å²) in [5, 5.41) is 10.5. The summed E-state index contributed by atoms with van der Waals surface area (Å²) in [6.07, 6.45) is -1.06. The number of nitrogens with one attached hydrogen (secondary N) is 1. The summed E-state index contributed by atoms with van der Waals surface area (Å²) in [5.74, 6) is 1.15. The minimum absolute atomic E-state index is 0.251. The van der Waals surface area contributed by atoms with Gasteiger partial charge in [-0.2, -0.15) is 0 Å². The molecule has 19 heavy (non-hydrogen) atoms. The lowest BCUT2D eigenvalue weighted by Crippen LogP contribution is -2.25. The van der Waals surface area contributed by atoms with Gasteiger partial charge in [0.2, 0.25) is 0 Å². The van der Waals surface area contributed by atoms with Gasteiger partial charge in [0.25, 0.3) is 0 Å². The first-order chi connectivity index (χ1) is 9.13. The first-order valence-electron chi connectivity index (χ1n) is 5.74. The summed E-state index contributed by atoms with van der Waals surface area (Å²) in [7, 11) is 1.54. The molecule has 0 saturated carbocycles. The van der Waals surface area contributed by atoms with E-state index in [2.05, 4.69) is 5.32 Å². The number of anilines is 1. The Hall–Kier alpha value is -2.15. The number of nitrogens with two attached hydrogens (primary N) is 1. The van der Waals surface area contributed by atoms with Gasteiger partial charge in [-0.1, -0.05) is 0 Å². The summed E-state index contributed by atoms with van der Waals surface area (Å²) < 4.78 is 15.8. The Bertz CT molecular complexity index is 411. The van der Waals surface area contributed by atoms with Gasteiger partial charge < -0.3 is 30.4 Å². The quantitative estimate of drug-likeness (QED) is 0.480. The molecule has 0 saturated heterocycles. The van der Waals surface area contributed by atoms with Gasteiger partial charge in [0.05, 0.1) is 20.3 Å². The minimum atomic E-state index is -1.06. The SMILES string of the molecule is COc1cc(N)ccc1OCCOCCNC(=O)O. The maximum atomic E-state index is 10.2. The van der Waals surface area contributed by atoms with Crippen LogP contribution in [0.4, 0.5) is 10.5 Å². The molecule has 0 bridgehead atoms.